The fourth-order valence-electron chi connectivity index (χ4n) is 2.79. The van der Waals surface area contributed by atoms with Gasteiger partial charge in [-0.2, -0.15) is 4.98 Å². The maximum atomic E-state index is 13.1. The maximum absolute atomic E-state index is 13.1. The van der Waals surface area contributed by atoms with Gasteiger partial charge in [0.25, 0.3) is 0 Å². The van der Waals surface area contributed by atoms with Crippen molar-refractivity contribution >= 4 is 5.95 Å². The molecule has 4 nitrogen and oxygen atoms in total. The summed E-state index contributed by atoms with van der Waals surface area (Å²) in [6, 6.07) is 8.41. The number of rotatable bonds is 4. The minimum absolute atomic E-state index is 0.226. The van der Waals surface area contributed by atoms with E-state index in [-0.39, 0.29) is 11.4 Å². The van der Waals surface area contributed by atoms with Crippen molar-refractivity contribution in [3.05, 3.63) is 47.4 Å². The fraction of sp³-hybridized carbons (Fsp3) is 0.474. The van der Waals surface area contributed by atoms with Crippen molar-refractivity contribution in [1.29, 1.82) is 0 Å². The number of aromatic nitrogens is 2. The van der Waals surface area contributed by atoms with Gasteiger partial charge < -0.3 is 9.64 Å². The van der Waals surface area contributed by atoms with Crippen molar-refractivity contribution in [3.63, 3.8) is 0 Å². The van der Waals surface area contributed by atoms with Gasteiger partial charge in [0.2, 0.25) is 11.8 Å². The van der Waals surface area contributed by atoms with Crippen molar-refractivity contribution in [2.75, 3.05) is 18.0 Å². The first kappa shape index (κ1) is 16.7. The number of halogens is 1. The van der Waals surface area contributed by atoms with Gasteiger partial charge in [0, 0.05) is 25.6 Å². The average molecular weight is 329 g/mol. The van der Waals surface area contributed by atoms with E-state index in [1.54, 1.807) is 12.1 Å². The molecule has 0 amide bonds. The van der Waals surface area contributed by atoms with E-state index < -0.39 is 0 Å². The van der Waals surface area contributed by atoms with Crippen LogP contribution in [0.2, 0.25) is 0 Å². The van der Waals surface area contributed by atoms with Crippen LogP contribution in [0.4, 0.5) is 10.3 Å². The third-order valence-electron chi connectivity index (χ3n) is 3.84. The molecule has 2 aromatic rings. The predicted molar refractivity (Wildman–Crippen MR) is 93.1 cm³/mol. The van der Waals surface area contributed by atoms with E-state index in [1.807, 2.05) is 26.8 Å². The zero-order valence-electron chi connectivity index (χ0n) is 14.6. The predicted octanol–water partition coefficient (Wildman–Crippen LogP) is 3.98. The molecule has 0 N–H and O–H groups in total. The highest BCUT2D eigenvalue weighted by atomic mass is 19.1. The first-order valence-electron chi connectivity index (χ1n) is 8.45. The van der Waals surface area contributed by atoms with E-state index in [1.165, 1.54) is 25.0 Å². The second kappa shape index (κ2) is 6.75. The second-order valence-electron chi connectivity index (χ2n) is 7.21. The zero-order valence-corrected chi connectivity index (χ0v) is 14.6. The van der Waals surface area contributed by atoms with Gasteiger partial charge >= 0.3 is 0 Å². The second-order valence-corrected chi connectivity index (χ2v) is 7.21. The molecule has 0 atom stereocenters. The molecule has 1 aromatic heterocycles. The minimum Gasteiger partial charge on any atom is -0.472 e. The third kappa shape index (κ3) is 4.43. The lowest BCUT2D eigenvalue weighted by atomic mass is 10.1. The lowest BCUT2D eigenvalue weighted by molar-refractivity contribution is 0.124. The molecule has 0 bridgehead atoms. The largest absolute Gasteiger partial charge is 0.472 e. The number of benzene rings is 1. The standard InChI is InChI=1S/C19H24FN3O/c1-19(2,3)24-17-13-16(12-14-6-8-15(20)9-7-14)21-18(22-17)23-10-4-5-11-23/h6-9,13H,4-5,10-12H2,1-3H3. The topological polar surface area (TPSA) is 38.2 Å². The number of nitrogens with zero attached hydrogens (tertiary/aromatic N) is 3. The highest BCUT2D eigenvalue weighted by Gasteiger charge is 2.19. The summed E-state index contributed by atoms with van der Waals surface area (Å²) in [4.78, 5) is 11.5. The van der Waals surface area contributed by atoms with Crippen LogP contribution in [0.25, 0.3) is 0 Å². The van der Waals surface area contributed by atoms with Gasteiger partial charge in [-0.15, -0.1) is 0 Å². The van der Waals surface area contributed by atoms with Crippen LogP contribution < -0.4 is 9.64 Å². The van der Waals surface area contributed by atoms with E-state index in [4.69, 9.17) is 9.72 Å². The molecule has 0 saturated carbocycles. The summed E-state index contributed by atoms with van der Waals surface area (Å²) in [7, 11) is 0. The summed E-state index contributed by atoms with van der Waals surface area (Å²) in [6.07, 6.45) is 2.96. The van der Waals surface area contributed by atoms with Crippen molar-refractivity contribution < 1.29 is 9.13 Å². The van der Waals surface area contributed by atoms with Gasteiger partial charge in [0.15, 0.2) is 0 Å². The number of hydrogen-bond acceptors (Lipinski definition) is 4. The molecule has 0 aliphatic carbocycles. The lowest BCUT2D eigenvalue weighted by Gasteiger charge is -2.23. The van der Waals surface area contributed by atoms with Crippen LogP contribution in [0.3, 0.4) is 0 Å². The van der Waals surface area contributed by atoms with Crippen LogP contribution in [0, 0.1) is 5.82 Å². The van der Waals surface area contributed by atoms with Crippen molar-refractivity contribution in [3.8, 4) is 5.88 Å². The number of ether oxygens (including phenoxy) is 1. The molecule has 1 saturated heterocycles. The van der Waals surface area contributed by atoms with Gasteiger partial charge in [-0.1, -0.05) is 12.1 Å². The molecule has 3 rings (SSSR count). The normalized spacial score (nSPS) is 14.9. The van der Waals surface area contributed by atoms with Crippen molar-refractivity contribution in [2.24, 2.45) is 0 Å². The summed E-state index contributed by atoms with van der Waals surface area (Å²) in [5.41, 5.74) is 1.59. The average Bonchev–Trinajstić information content (AvgIpc) is 3.02. The van der Waals surface area contributed by atoms with E-state index >= 15 is 0 Å². The first-order chi connectivity index (χ1) is 11.4. The van der Waals surface area contributed by atoms with Crippen LogP contribution in [-0.4, -0.2) is 28.7 Å². The fourth-order valence-corrected chi connectivity index (χ4v) is 2.79. The summed E-state index contributed by atoms with van der Waals surface area (Å²) in [6.45, 7) is 7.97. The molecule has 0 unspecified atom stereocenters. The van der Waals surface area contributed by atoms with Gasteiger partial charge in [0.05, 0.1) is 5.69 Å². The van der Waals surface area contributed by atoms with Gasteiger partial charge in [-0.3, -0.25) is 0 Å². The zero-order chi connectivity index (χ0) is 17.2. The smallest absolute Gasteiger partial charge is 0.228 e. The Kier molecular flexibility index (Phi) is 4.69. The van der Waals surface area contributed by atoms with Crippen LogP contribution >= 0.6 is 0 Å². The molecule has 2 heterocycles. The van der Waals surface area contributed by atoms with E-state index in [0.29, 0.717) is 12.3 Å². The number of hydrogen-bond donors (Lipinski definition) is 0. The Labute approximate surface area is 142 Å². The monoisotopic (exact) mass is 329 g/mol. The summed E-state index contributed by atoms with van der Waals surface area (Å²) in [5, 5.41) is 0. The molecule has 1 fully saturated rings. The molecule has 0 radical (unpaired) electrons. The van der Waals surface area contributed by atoms with Crippen molar-refractivity contribution in [2.45, 2.75) is 45.6 Å². The summed E-state index contributed by atoms with van der Waals surface area (Å²) >= 11 is 0. The molecule has 1 aromatic carbocycles. The maximum Gasteiger partial charge on any atom is 0.228 e. The van der Waals surface area contributed by atoms with Crippen LogP contribution in [0.15, 0.2) is 30.3 Å². The molecule has 5 heteroatoms. The van der Waals surface area contributed by atoms with Gasteiger partial charge in [-0.05, 0) is 51.3 Å². The highest BCUT2D eigenvalue weighted by Crippen LogP contribution is 2.24. The van der Waals surface area contributed by atoms with Crippen LogP contribution in [0.1, 0.15) is 44.9 Å². The summed E-state index contributed by atoms with van der Waals surface area (Å²) < 4.78 is 19.1. The van der Waals surface area contributed by atoms with Crippen LogP contribution in [0.5, 0.6) is 5.88 Å². The molecule has 1 aliphatic heterocycles. The molecule has 24 heavy (non-hydrogen) atoms. The molecule has 0 spiro atoms. The Balaban J connectivity index is 1.89. The van der Waals surface area contributed by atoms with Crippen molar-refractivity contribution in [1.82, 2.24) is 9.97 Å². The van der Waals surface area contributed by atoms with Gasteiger partial charge in [0.1, 0.15) is 11.4 Å². The third-order valence-corrected chi connectivity index (χ3v) is 3.84. The Morgan fingerprint density at radius 2 is 1.75 bits per heavy atom. The number of anilines is 1. The Bertz CT molecular complexity index is 689. The molecular weight excluding hydrogens is 305 g/mol. The Morgan fingerprint density at radius 1 is 1.08 bits per heavy atom. The highest BCUT2D eigenvalue weighted by molar-refractivity contribution is 5.37. The quantitative estimate of drug-likeness (QED) is 0.850. The SMILES string of the molecule is CC(C)(C)Oc1cc(Cc2ccc(F)cc2)nc(N2CCCC2)n1. The summed E-state index contributed by atoms with van der Waals surface area (Å²) in [5.74, 6) is 1.10. The van der Waals surface area contributed by atoms with E-state index in [0.717, 1.165) is 30.3 Å². The van der Waals surface area contributed by atoms with Crippen LogP contribution in [-0.2, 0) is 6.42 Å². The van der Waals surface area contributed by atoms with E-state index in [2.05, 4.69) is 9.88 Å². The van der Waals surface area contributed by atoms with Gasteiger partial charge in [-0.25, -0.2) is 9.37 Å². The Morgan fingerprint density at radius 3 is 2.38 bits per heavy atom. The Hall–Kier alpha value is -2.17. The first-order valence-corrected chi connectivity index (χ1v) is 8.45. The molecule has 1 aliphatic rings. The molecule has 128 valence electrons. The minimum atomic E-state index is -0.316. The molecular formula is C19H24FN3O. The van der Waals surface area contributed by atoms with E-state index in [9.17, 15) is 4.39 Å². The lowest BCUT2D eigenvalue weighted by Crippen LogP contribution is -2.25.